The van der Waals surface area contributed by atoms with Gasteiger partial charge in [-0.3, -0.25) is 14.7 Å². The van der Waals surface area contributed by atoms with Gasteiger partial charge in [0.05, 0.1) is 17.4 Å². The van der Waals surface area contributed by atoms with Crippen LogP contribution in [0.4, 0.5) is 0 Å². The maximum atomic E-state index is 12.5. The molecule has 4 rings (SSSR count). The van der Waals surface area contributed by atoms with Gasteiger partial charge in [0, 0.05) is 42.0 Å². The molecular weight excluding hydrogens is 358 g/mol. The molecule has 0 bridgehead atoms. The van der Waals surface area contributed by atoms with E-state index in [2.05, 4.69) is 21.3 Å². The van der Waals surface area contributed by atoms with E-state index in [0.717, 1.165) is 30.8 Å². The second-order valence-electron chi connectivity index (χ2n) is 6.82. The summed E-state index contributed by atoms with van der Waals surface area (Å²) in [5, 5.41) is 3.02. The first kappa shape index (κ1) is 17.9. The summed E-state index contributed by atoms with van der Waals surface area (Å²) in [6.45, 7) is 2.61. The summed E-state index contributed by atoms with van der Waals surface area (Å²) >= 11 is 1.61. The Balaban J connectivity index is 1.34. The Hall–Kier alpha value is -2.44. The molecule has 0 unspecified atom stereocenters. The number of nitrogens with one attached hydrogen (secondary N) is 1. The molecule has 0 saturated carbocycles. The molecule has 3 aromatic heterocycles. The predicted octanol–water partition coefficient (Wildman–Crippen LogP) is 4.05. The molecule has 1 saturated heterocycles. The minimum atomic E-state index is 0.0136. The largest absolute Gasteiger partial charge is 0.472 e. The van der Waals surface area contributed by atoms with Gasteiger partial charge in [-0.05, 0) is 61.7 Å². The first-order valence-corrected chi connectivity index (χ1v) is 10.1. The minimum absolute atomic E-state index is 0.0136. The van der Waals surface area contributed by atoms with Gasteiger partial charge in [0.1, 0.15) is 0 Å². The lowest BCUT2D eigenvalue weighted by molar-refractivity contribution is 0.0958. The number of nitrogens with zero attached hydrogens (tertiary/aromatic N) is 2. The summed E-state index contributed by atoms with van der Waals surface area (Å²) in [6, 6.07) is 10.4. The summed E-state index contributed by atoms with van der Waals surface area (Å²) in [7, 11) is 0. The number of rotatable bonds is 7. The van der Waals surface area contributed by atoms with Crippen LogP contribution in [-0.2, 0) is 13.0 Å². The molecule has 6 heteroatoms. The number of aromatic nitrogens is 1. The lowest BCUT2D eigenvalue weighted by Gasteiger charge is -2.22. The average Bonchev–Trinajstić information content (AvgIpc) is 3.44. The Morgan fingerprint density at radius 2 is 2.11 bits per heavy atom. The SMILES string of the molecule is O=C(NCCc1ccncc1)c1ccc([C@H]2CCCN2Cc2ccoc2)s1. The van der Waals surface area contributed by atoms with Crippen LogP contribution in [0.5, 0.6) is 0 Å². The number of carbonyl (C=O) groups is 1. The monoisotopic (exact) mass is 381 g/mol. The summed E-state index contributed by atoms with van der Waals surface area (Å²) in [5.74, 6) is 0.0136. The van der Waals surface area contributed by atoms with E-state index in [9.17, 15) is 4.79 Å². The van der Waals surface area contributed by atoms with Gasteiger partial charge in [-0.1, -0.05) is 0 Å². The third kappa shape index (κ3) is 4.46. The van der Waals surface area contributed by atoms with Gasteiger partial charge in [0.25, 0.3) is 5.91 Å². The Morgan fingerprint density at radius 3 is 2.93 bits per heavy atom. The Morgan fingerprint density at radius 1 is 1.22 bits per heavy atom. The van der Waals surface area contributed by atoms with Crippen molar-refractivity contribution in [2.24, 2.45) is 0 Å². The highest BCUT2D eigenvalue weighted by atomic mass is 32.1. The average molecular weight is 382 g/mol. The quantitative estimate of drug-likeness (QED) is 0.671. The van der Waals surface area contributed by atoms with Gasteiger partial charge in [-0.25, -0.2) is 0 Å². The molecule has 1 amide bonds. The van der Waals surface area contributed by atoms with Crippen molar-refractivity contribution in [3.05, 3.63) is 76.1 Å². The van der Waals surface area contributed by atoms with Crippen molar-refractivity contribution in [2.45, 2.75) is 31.8 Å². The molecule has 5 nitrogen and oxygen atoms in total. The van der Waals surface area contributed by atoms with Gasteiger partial charge >= 0.3 is 0 Å². The van der Waals surface area contributed by atoms with Gasteiger partial charge in [0.2, 0.25) is 0 Å². The number of furan rings is 1. The fourth-order valence-electron chi connectivity index (χ4n) is 3.57. The maximum absolute atomic E-state index is 12.5. The first-order chi connectivity index (χ1) is 13.3. The molecule has 27 heavy (non-hydrogen) atoms. The van der Waals surface area contributed by atoms with Crippen LogP contribution in [0, 0.1) is 0 Å². The van der Waals surface area contributed by atoms with Crippen LogP contribution in [0.25, 0.3) is 0 Å². The Bertz CT molecular complexity index is 861. The van der Waals surface area contributed by atoms with Crippen molar-refractivity contribution in [3.8, 4) is 0 Å². The zero-order chi connectivity index (χ0) is 18.5. The number of likely N-dealkylation sites (tertiary alicyclic amines) is 1. The van der Waals surface area contributed by atoms with Crippen LogP contribution in [0.1, 0.15) is 44.6 Å². The van der Waals surface area contributed by atoms with Gasteiger partial charge in [0.15, 0.2) is 0 Å². The molecule has 1 aliphatic rings. The molecule has 140 valence electrons. The van der Waals surface area contributed by atoms with Crippen molar-refractivity contribution < 1.29 is 9.21 Å². The van der Waals surface area contributed by atoms with E-state index >= 15 is 0 Å². The topological polar surface area (TPSA) is 58.4 Å². The van der Waals surface area contributed by atoms with Crippen LogP contribution in [0.15, 0.2) is 59.7 Å². The van der Waals surface area contributed by atoms with Crippen molar-refractivity contribution in [1.82, 2.24) is 15.2 Å². The van der Waals surface area contributed by atoms with Crippen molar-refractivity contribution in [2.75, 3.05) is 13.1 Å². The molecular formula is C21H23N3O2S. The molecule has 4 heterocycles. The number of thiophene rings is 1. The molecule has 0 radical (unpaired) electrons. The summed E-state index contributed by atoms with van der Waals surface area (Å²) in [6.07, 6.45) is 10.2. The van der Waals surface area contributed by atoms with Gasteiger partial charge in [-0.15, -0.1) is 11.3 Å². The molecule has 0 aromatic carbocycles. The number of carbonyl (C=O) groups excluding carboxylic acids is 1. The highest BCUT2D eigenvalue weighted by Gasteiger charge is 2.28. The van der Waals surface area contributed by atoms with E-state index in [1.165, 1.54) is 22.4 Å². The summed E-state index contributed by atoms with van der Waals surface area (Å²) in [4.78, 5) is 21.0. The minimum Gasteiger partial charge on any atom is -0.472 e. The van der Waals surface area contributed by atoms with Crippen molar-refractivity contribution in [1.29, 1.82) is 0 Å². The van der Waals surface area contributed by atoms with Gasteiger partial charge < -0.3 is 9.73 Å². The van der Waals surface area contributed by atoms with E-state index < -0.39 is 0 Å². The maximum Gasteiger partial charge on any atom is 0.261 e. The lowest BCUT2D eigenvalue weighted by Crippen LogP contribution is -2.24. The molecule has 3 aromatic rings. The highest BCUT2D eigenvalue weighted by Crippen LogP contribution is 2.36. The second kappa shape index (κ2) is 8.50. The Kier molecular flexibility index (Phi) is 5.65. The van der Waals surface area contributed by atoms with E-state index in [4.69, 9.17) is 4.42 Å². The normalized spacial score (nSPS) is 17.3. The lowest BCUT2D eigenvalue weighted by atomic mass is 10.1. The fourth-order valence-corrected chi connectivity index (χ4v) is 4.66. The van der Waals surface area contributed by atoms with E-state index in [1.807, 2.05) is 30.5 Å². The summed E-state index contributed by atoms with van der Waals surface area (Å²) in [5.41, 5.74) is 2.38. The second-order valence-corrected chi connectivity index (χ2v) is 7.94. The fraction of sp³-hybridized carbons (Fsp3) is 0.333. The van der Waals surface area contributed by atoms with Gasteiger partial charge in [-0.2, -0.15) is 0 Å². The van der Waals surface area contributed by atoms with Crippen LogP contribution < -0.4 is 5.32 Å². The molecule has 1 N–H and O–H groups in total. The molecule has 0 aliphatic carbocycles. The van der Waals surface area contributed by atoms with E-state index in [0.29, 0.717) is 12.6 Å². The van der Waals surface area contributed by atoms with Crippen LogP contribution in [0.2, 0.25) is 0 Å². The predicted molar refractivity (Wildman–Crippen MR) is 106 cm³/mol. The van der Waals surface area contributed by atoms with Crippen LogP contribution in [-0.4, -0.2) is 28.9 Å². The number of hydrogen-bond donors (Lipinski definition) is 1. The Labute approximate surface area is 163 Å². The third-order valence-electron chi connectivity index (χ3n) is 4.96. The van der Waals surface area contributed by atoms with E-state index in [1.54, 1.807) is 30.0 Å². The zero-order valence-corrected chi connectivity index (χ0v) is 16.0. The molecule has 1 atom stereocenters. The molecule has 1 aliphatic heterocycles. The standard InChI is InChI=1S/C21H23N3O2S/c25-21(23-11-7-16-5-9-22-10-6-16)20-4-3-19(27-20)18-2-1-12-24(18)14-17-8-13-26-15-17/h3-6,8-10,13,15,18H,1-2,7,11-12,14H2,(H,23,25)/t18-/m1/s1. The first-order valence-electron chi connectivity index (χ1n) is 9.31. The number of hydrogen-bond acceptors (Lipinski definition) is 5. The van der Waals surface area contributed by atoms with Crippen LogP contribution in [0.3, 0.4) is 0 Å². The smallest absolute Gasteiger partial charge is 0.261 e. The molecule has 0 spiro atoms. The third-order valence-corrected chi connectivity index (χ3v) is 6.14. The highest BCUT2D eigenvalue weighted by molar-refractivity contribution is 7.14. The summed E-state index contributed by atoms with van der Waals surface area (Å²) < 4.78 is 5.19. The molecule has 1 fully saturated rings. The number of pyridine rings is 1. The van der Waals surface area contributed by atoms with Crippen molar-refractivity contribution >= 4 is 17.2 Å². The van der Waals surface area contributed by atoms with E-state index in [-0.39, 0.29) is 5.91 Å². The number of amides is 1. The van der Waals surface area contributed by atoms with Crippen LogP contribution >= 0.6 is 11.3 Å². The van der Waals surface area contributed by atoms with Crippen molar-refractivity contribution in [3.63, 3.8) is 0 Å². The zero-order valence-electron chi connectivity index (χ0n) is 15.1.